The second kappa shape index (κ2) is 13.6. The molecule has 1 saturated heterocycles. The van der Waals surface area contributed by atoms with Gasteiger partial charge < -0.3 is 26.8 Å². The first kappa shape index (κ1) is 30.0. The fourth-order valence-corrected chi connectivity index (χ4v) is 4.70. The van der Waals surface area contributed by atoms with Gasteiger partial charge in [-0.05, 0) is 56.7 Å². The summed E-state index contributed by atoms with van der Waals surface area (Å²) in [6.45, 7) is 6.07. The lowest BCUT2D eigenvalue weighted by molar-refractivity contribution is -0.125. The Morgan fingerprint density at radius 3 is 2.55 bits per heavy atom. The van der Waals surface area contributed by atoms with E-state index in [4.69, 9.17) is 16.2 Å². The summed E-state index contributed by atoms with van der Waals surface area (Å²) in [6, 6.07) is 11.3. The minimum Gasteiger partial charge on any atom is -0.493 e. The first-order valence-electron chi connectivity index (χ1n) is 13.8. The van der Waals surface area contributed by atoms with Gasteiger partial charge in [-0.3, -0.25) is 24.1 Å². The number of nitrogens with one attached hydrogen (secondary N) is 2. The standard InChI is InChI=1S/C30H35N7O5/c1-18-10-15-23(28(39)34-18)37-29(40)22-7-6-8-24(26(22)30(37)41)42-16-5-3-4-9-25(38)33-17-20-11-13-21(14-12-20)27(32)36-35-19(2)31/h6-8,11-14,23H,1,3-5,9-10,15-17H2,2H3,(H2,31,35)(H2,32,36)(H,33,38)(H,34,39). The third-order valence-electron chi connectivity index (χ3n) is 6.90. The van der Waals surface area contributed by atoms with Crippen LogP contribution >= 0.6 is 0 Å². The molecule has 2 aromatic rings. The van der Waals surface area contributed by atoms with E-state index in [1.807, 2.05) is 12.1 Å². The Morgan fingerprint density at radius 1 is 1.07 bits per heavy atom. The number of hydrogen-bond acceptors (Lipinski definition) is 7. The Hall–Kier alpha value is -5.00. The van der Waals surface area contributed by atoms with Crippen molar-refractivity contribution in [3.63, 3.8) is 0 Å². The lowest BCUT2D eigenvalue weighted by Crippen LogP contribution is -2.51. The van der Waals surface area contributed by atoms with Crippen molar-refractivity contribution in [2.75, 3.05) is 6.61 Å². The van der Waals surface area contributed by atoms with Crippen molar-refractivity contribution in [3.05, 3.63) is 77.0 Å². The predicted octanol–water partition coefficient (Wildman–Crippen LogP) is 2.33. The molecule has 0 radical (unpaired) electrons. The molecule has 1 unspecified atom stereocenters. The van der Waals surface area contributed by atoms with Gasteiger partial charge in [0.1, 0.15) is 17.6 Å². The molecular formula is C30H35N7O5. The Labute approximate surface area is 243 Å². The lowest BCUT2D eigenvalue weighted by atomic mass is 10.0. The molecule has 0 bridgehead atoms. The first-order valence-corrected chi connectivity index (χ1v) is 13.8. The van der Waals surface area contributed by atoms with Gasteiger partial charge in [0.2, 0.25) is 11.8 Å². The zero-order chi connectivity index (χ0) is 30.2. The molecule has 2 aliphatic rings. The Balaban J connectivity index is 1.18. The smallest absolute Gasteiger partial charge is 0.266 e. The molecule has 2 aromatic carbocycles. The van der Waals surface area contributed by atoms with Gasteiger partial charge >= 0.3 is 0 Å². The topological polar surface area (TPSA) is 182 Å². The van der Waals surface area contributed by atoms with Crippen molar-refractivity contribution in [1.82, 2.24) is 15.5 Å². The van der Waals surface area contributed by atoms with E-state index in [0.29, 0.717) is 68.1 Å². The molecule has 0 spiro atoms. The number of imide groups is 1. The van der Waals surface area contributed by atoms with Gasteiger partial charge in [-0.1, -0.05) is 36.9 Å². The Bertz CT molecular complexity index is 1440. The third-order valence-corrected chi connectivity index (χ3v) is 6.90. The summed E-state index contributed by atoms with van der Waals surface area (Å²) in [5, 5.41) is 13.1. The molecule has 12 nitrogen and oxygen atoms in total. The number of carbonyl (C=O) groups is 4. The minimum atomic E-state index is -0.874. The zero-order valence-corrected chi connectivity index (χ0v) is 23.5. The van der Waals surface area contributed by atoms with Crippen LogP contribution < -0.4 is 26.8 Å². The van der Waals surface area contributed by atoms with Crippen LogP contribution in [0.1, 0.15) is 77.3 Å². The zero-order valence-electron chi connectivity index (χ0n) is 23.5. The fourth-order valence-electron chi connectivity index (χ4n) is 4.70. The molecule has 1 fully saturated rings. The molecule has 6 N–H and O–H groups in total. The number of nitrogens with zero attached hydrogens (tertiary/aromatic N) is 3. The molecule has 2 aliphatic heterocycles. The molecule has 1 atom stereocenters. The molecule has 12 heteroatoms. The molecular weight excluding hydrogens is 538 g/mol. The maximum absolute atomic E-state index is 13.2. The molecule has 0 saturated carbocycles. The summed E-state index contributed by atoms with van der Waals surface area (Å²) < 4.78 is 5.87. The van der Waals surface area contributed by atoms with Gasteiger partial charge in [0.25, 0.3) is 11.8 Å². The number of carbonyl (C=O) groups excluding carboxylic acids is 4. The SMILES string of the molecule is C=C1CCC(N2C(=O)c3cccc(OCCCCCC(=O)NCc4ccc(/C(N)=N/N=C(/C)N)cc4)c3C2=O)C(=O)N1. The van der Waals surface area contributed by atoms with E-state index in [1.54, 1.807) is 37.3 Å². The van der Waals surface area contributed by atoms with E-state index in [2.05, 4.69) is 27.4 Å². The third kappa shape index (κ3) is 7.19. The molecule has 2 heterocycles. The van der Waals surface area contributed by atoms with E-state index in [0.717, 1.165) is 16.9 Å². The fraction of sp³-hybridized carbons (Fsp3) is 0.333. The van der Waals surface area contributed by atoms with Crippen LogP contribution in [0.15, 0.2) is 64.9 Å². The van der Waals surface area contributed by atoms with Crippen LogP contribution in [0.25, 0.3) is 0 Å². The van der Waals surface area contributed by atoms with Crippen LogP contribution in [0.2, 0.25) is 0 Å². The van der Waals surface area contributed by atoms with E-state index < -0.39 is 23.8 Å². The van der Waals surface area contributed by atoms with Gasteiger partial charge in [0.15, 0.2) is 5.84 Å². The summed E-state index contributed by atoms with van der Waals surface area (Å²) in [6.07, 6.45) is 3.27. The number of unbranched alkanes of at least 4 members (excludes halogenated alkanes) is 2. The number of allylic oxidation sites excluding steroid dienone is 1. The van der Waals surface area contributed by atoms with Gasteiger partial charge in [-0.2, -0.15) is 0 Å². The minimum absolute atomic E-state index is 0.0609. The maximum Gasteiger partial charge on any atom is 0.266 e. The second-order valence-corrected chi connectivity index (χ2v) is 10.2. The van der Waals surface area contributed by atoms with Gasteiger partial charge in [-0.15, -0.1) is 10.2 Å². The van der Waals surface area contributed by atoms with Gasteiger partial charge in [0, 0.05) is 24.2 Å². The predicted molar refractivity (Wildman–Crippen MR) is 158 cm³/mol. The molecule has 0 aliphatic carbocycles. The van der Waals surface area contributed by atoms with Gasteiger partial charge in [0.05, 0.1) is 17.7 Å². The number of nitrogens with two attached hydrogens (primary N) is 2. The largest absolute Gasteiger partial charge is 0.493 e. The average molecular weight is 574 g/mol. The van der Waals surface area contributed by atoms with Crippen molar-refractivity contribution in [1.29, 1.82) is 0 Å². The highest BCUT2D eigenvalue weighted by molar-refractivity contribution is 6.24. The number of rotatable bonds is 12. The Morgan fingerprint density at radius 2 is 1.83 bits per heavy atom. The quantitative estimate of drug-likeness (QED) is 0.0988. The normalized spacial score (nSPS) is 17.3. The number of hydrogen-bond donors (Lipinski definition) is 4. The van der Waals surface area contributed by atoms with Crippen LogP contribution in [0.4, 0.5) is 0 Å². The van der Waals surface area contributed by atoms with E-state index >= 15 is 0 Å². The van der Waals surface area contributed by atoms with Crippen molar-refractivity contribution >= 4 is 35.3 Å². The molecule has 42 heavy (non-hydrogen) atoms. The van der Waals surface area contributed by atoms with E-state index in [1.165, 1.54) is 0 Å². The van der Waals surface area contributed by atoms with E-state index in [-0.39, 0.29) is 22.9 Å². The second-order valence-electron chi connectivity index (χ2n) is 10.2. The molecule has 4 amide bonds. The number of amides is 4. The first-order chi connectivity index (χ1) is 20.2. The Kier molecular flexibility index (Phi) is 9.69. The monoisotopic (exact) mass is 573 g/mol. The molecule has 220 valence electrons. The number of fused-ring (bicyclic) bond motifs is 1. The lowest BCUT2D eigenvalue weighted by Gasteiger charge is -2.29. The van der Waals surface area contributed by atoms with Gasteiger partial charge in [-0.25, -0.2) is 0 Å². The number of benzene rings is 2. The van der Waals surface area contributed by atoms with Crippen LogP contribution in [0, 0.1) is 0 Å². The van der Waals surface area contributed by atoms with Crippen molar-refractivity contribution in [2.45, 2.75) is 58.0 Å². The van der Waals surface area contributed by atoms with Crippen LogP contribution in [0.5, 0.6) is 5.75 Å². The number of amidine groups is 2. The summed E-state index contributed by atoms with van der Waals surface area (Å²) >= 11 is 0. The summed E-state index contributed by atoms with van der Waals surface area (Å²) in [5.41, 5.74) is 13.9. The van der Waals surface area contributed by atoms with Crippen molar-refractivity contribution in [2.24, 2.45) is 21.7 Å². The summed E-state index contributed by atoms with van der Waals surface area (Å²) in [7, 11) is 0. The number of piperidine rings is 1. The number of ether oxygens (including phenoxy) is 1. The highest BCUT2D eigenvalue weighted by atomic mass is 16.5. The highest BCUT2D eigenvalue weighted by Gasteiger charge is 2.45. The molecule has 0 aromatic heterocycles. The van der Waals surface area contributed by atoms with Crippen molar-refractivity contribution < 1.29 is 23.9 Å². The average Bonchev–Trinajstić information content (AvgIpc) is 3.22. The summed E-state index contributed by atoms with van der Waals surface area (Å²) in [4.78, 5) is 51.9. The van der Waals surface area contributed by atoms with Crippen molar-refractivity contribution in [3.8, 4) is 5.75 Å². The van der Waals surface area contributed by atoms with Crippen LogP contribution in [0.3, 0.4) is 0 Å². The maximum atomic E-state index is 13.2. The summed E-state index contributed by atoms with van der Waals surface area (Å²) in [5.74, 6) is -0.632. The highest BCUT2D eigenvalue weighted by Crippen LogP contribution is 2.34. The van der Waals surface area contributed by atoms with Crippen LogP contribution in [-0.2, 0) is 16.1 Å². The van der Waals surface area contributed by atoms with E-state index in [9.17, 15) is 19.2 Å². The molecule has 4 rings (SSSR count). The van der Waals surface area contributed by atoms with Crippen LogP contribution in [-0.4, -0.2) is 52.8 Å².